The standard InChI is InChI=1S/C34H30N4O/c1-36-19-20-38(25-36)31-14-8-16-33(24-31)39-32-15-7-10-28(22-32)34-23-27(17-18-35-34)26-9-6-13-30(21-26)37(2)29-11-4-3-5-12-29/h3-24H,25H2,1-2H3. The van der Waals surface area contributed by atoms with Gasteiger partial charge in [-0.2, -0.15) is 0 Å². The summed E-state index contributed by atoms with van der Waals surface area (Å²) < 4.78 is 6.27. The van der Waals surface area contributed by atoms with Crippen molar-refractivity contribution in [3.63, 3.8) is 0 Å². The van der Waals surface area contributed by atoms with E-state index < -0.39 is 0 Å². The molecule has 0 bridgehead atoms. The predicted octanol–water partition coefficient (Wildman–Crippen LogP) is 8.16. The number of para-hydroxylation sites is 1. The van der Waals surface area contributed by atoms with E-state index >= 15 is 0 Å². The number of nitrogens with zero attached hydrogens (tertiary/aromatic N) is 4. The molecular weight excluding hydrogens is 480 g/mol. The molecule has 5 aromatic rings. The lowest BCUT2D eigenvalue weighted by atomic mass is 10.0. The summed E-state index contributed by atoms with van der Waals surface area (Å²) in [7, 11) is 4.15. The Labute approximate surface area is 229 Å². The Kier molecular flexibility index (Phi) is 6.71. The zero-order chi connectivity index (χ0) is 26.6. The van der Waals surface area contributed by atoms with Gasteiger partial charge in [0, 0.05) is 61.4 Å². The first kappa shape index (κ1) is 24.3. The molecule has 6 rings (SSSR count). The summed E-state index contributed by atoms with van der Waals surface area (Å²) in [5.74, 6) is 1.58. The zero-order valence-electron chi connectivity index (χ0n) is 22.1. The Morgan fingerprint density at radius 2 is 1.38 bits per heavy atom. The van der Waals surface area contributed by atoms with Gasteiger partial charge in [-0.3, -0.25) is 4.98 Å². The van der Waals surface area contributed by atoms with Gasteiger partial charge < -0.3 is 19.4 Å². The van der Waals surface area contributed by atoms with Crippen molar-refractivity contribution >= 4 is 17.1 Å². The summed E-state index contributed by atoms with van der Waals surface area (Å²) in [6.45, 7) is 0.826. The van der Waals surface area contributed by atoms with Gasteiger partial charge in [0.05, 0.1) is 12.4 Å². The molecule has 0 radical (unpaired) electrons. The molecule has 1 aromatic heterocycles. The molecule has 0 amide bonds. The highest BCUT2D eigenvalue weighted by Crippen LogP contribution is 2.32. The number of rotatable bonds is 7. The van der Waals surface area contributed by atoms with Crippen LogP contribution in [-0.4, -0.2) is 30.6 Å². The normalized spacial score (nSPS) is 12.6. The van der Waals surface area contributed by atoms with Gasteiger partial charge >= 0.3 is 0 Å². The van der Waals surface area contributed by atoms with Gasteiger partial charge in [0.15, 0.2) is 0 Å². The Bertz CT molecular complexity index is 1610. The van der Waals surface area contributed by atoms with E-state index in [1.807, 2.05) is 42.6 Å². The molecule has 2 heterocycles. The van der Waals surface area contributed by atoms with Gasteiger partial charge in [0.2, 0.25) is 0 Å². The van der Waals surface area contributed by atoms with Gasteiger partial charge in [-0.1, -0.05) is 48.5 Å². The summed E-state index contributed by atoms with van der Waals surface area (Å²) in [6.07, 6.45) is 6.01. The van der Waals surface area contributed by atoms with Crippen LogP contribution < -0.4 is 14.5 Å². The van der Waals surface area contributed by atoms with E-state index in [4.69, 9.17) is 4.74 Å². The highest BCUT2D eigenvalue weighted by molar-refractivity contribution is 5.75. The molecule has 0 saturated carbocycles. The molecule has 39 heavy (non-hydrogen) atoms. The molecular formula is C34H30N4O. The lowest BCUT2D eigenvalue weighted by Gasteiger charge is -2.20. The highest BCUT2D eigenvalue weighted by Gasteiger charge is 2.12. The van der Waals surface area contributed by atoms with Crippen LogP contribution >= 0.6 is 0 Å². The SMILES string of the molecule is CN1C=CN(c2cccc(Oc3cccc(-c4cc(-c5cccc(N(C)c6ccccc6)c5)ccn4)c3)c2)C1. The molecule has 5 nitrogen and oxygen atoms in total. The van der Waals surface area contributed by atoms with E-state index in [0.29, 0.717) is 0 Å². The third-order valence-corrected chi connectivity index (χ3v) is 6.86. The van der Waals surface area contributed by atoms with E-state index in [0.717, 1.165) is 57.6 Å². The molecule has 4 aromatic carbocycles. The van der Waals surface area contributed by atoms with E-state index in [-0.39, 0.29) is 0 Å². The fraction of sp³-hybridized carbons (Fsp3) is 0.0882. The van der Waals surface area contributed by atoms with Crippen LogP contribution in [0.1, 0.15) is 0 Å². The third-order valence-electron chi connectivity index (χ3n) is 6.86. The van der Waals surface area contributed by atoms with Crippen LogP contribution in [0.25, 0.3) is 22.4 Å². The number of hydrogen-bond acceptors (Lipinski definition) is 5. The fourth-order valence-corrected chi connectivity index (χ4v) is 4.74. The lowest BCUT2D eigenvalue weighted by Crippen LogP contribution is -2.21. The van der Waals surface area contributed by atoms with Crippen LogP contribution in [0.5, 0.6) is 11.5 Å². The fourth-order valence-electron chi connectivity index (χ4n) is 4.74. The van der Waals surface area contributed by atoms with Crippen molar-refractivity contribution in [2.24, 2.45) is 0 Å². The maximum Gasteiger partial charge on any atom is 0.129 e. The lowest BCUT2D eigenvalue weighted by molar-refractivity contribution is 0.481. The maximum absolute atomic E-state index is 6.27. The quantitative estimate of drug-likeness (QED) is 0.221. The van der Waals surface area contributed by atoms with Gasteiger partial charge in [0.25, 0.3) is 0 Å². The first-order valence-corrected chi connectivity index (χ1v) is 13.0. The topological polar surface area (TPSA) is 31.8 Å². The average Bonchev–Trinajstić information content (AvgIpc) is 3.44. The second-order valence-electron chi connectivity index (χ2n) is 9.67. The van der Waals surface area contributed by atoms with E-state index in [2.05, 4.69) is 125 Å². The number of aromatic nitrogens is 1. The third kappa shape index (κ3) is 5.48. The molecule has 1 aliphatic heterocycles. The smallest absolute Gasteiger partial charge is 0.129 e. The van der Waals surface area contributed by atoms with Gasteiger partial charge in [-0.25, -0.2) is 0 Å². The molecule has 0 N–H and O–H groups in total. The van der Waals surface area contributed by atoms with Crippen molar-refractivity contribution in [3.05, 3.63) is 134 Å². The van der Waals surface area contributed by atoms with Crippen LogP contribution in [0.4, 0.5) is 17.1 Å². The van der Waals surface area contributed by atoms with Crippen molar-refractivity contribution in [3.8, 4) is 33.9 Å². The number of anilines is 3. The summed E-state index contributed by atoms with van der Waals surface area (Å²) in [4.78, 5) is 11.2. The number of benzene rings is 4. The summed E-state index contributed by atoms with van der Waals surface area (Å²) in [6, 6.07) is 39.4. The van der Waals surface area contributed by atoms with Crippen LogP contribution in [0.15, 0.2) is 134 Å². The molecule has 1 aliphatic rings. The number of pyridine rings is 1. The maximum atomic E-state index is 6.27. The molecule has 192 valence electrons. The van der Waals surface area contributed by atoms with Crippen molar-refractivity contribution in [1.29, 1.82) is 0 Å². The van der Waals surface area contributed by atoms with Crippen LogP contribution in [0.3, 0.4) is 0 Å². The van der Waals surface area contributed by atoms with Crippen molar-refractivity contribution in [2.75, 3.05) is 30.6 Å². The number of hydrogen-bond donors (Lipinski definition) is 0. The molecule has 0 atom stereocenters. The Balaban J connectivity index is 1.23. The molecule has 0 unspecified atom stereocenters. The monoisotopic (exact) mass is 510 g/mol. The second kappa shape index (κ2) is 10.8. The van der Waals surface area contributed by atoms with Crippen molar-refractivity contribution in [2.45, 2.75) is 0 Å². The second-order valence-corrected chi connectivity index (χ2v) is 9.67. The number of ether oxygens (including phenoxy) is 1. The van der Waals surface area contributed by atoms with Crippen LogP contribution in [-0.2, 0) is 0 Å². The molecule has 0 fully saturated rings. The zero-order valence-corrected chi connectivity index (χ0v) is 22.1. The van der Waals surface area contributed by atoms with Gasteiger partial charge in [-0.15, -0.1) is 0 Å². The molecule has 5 heteroatoms. The Morgan fingerprint density at radius 3 is 2.21 bits per heavy atom. The molecule has 0 saturated heterocycles. The first-order valence-electron chi connectivity index (χ1n) is 13.0. The van der Waals surface area contributed by atoms with Crippen molar-refractivity contribution < 1.29 is 4.74 Å². The summed E-state index contributed by atoms with van der Waals surface area (Å²) >= 11 is 0. The van der Waals surface area contributed by atoms with Gasteiger partial charge in [-0.05, 0) is 71.8 Å². The minimum absolute atomic E-state index is 0.775. The van der Waals surface area contributed by atoms with Crippen LogP contribution in [0, 0.1) is 0 Å². The minimum Gasteiger partial charge on any atom is -0.457 e. The first-order chi connectivity index (χ1) is 19.1. The van der Waals surface area contributed by atoms with Gasteiger partial charge in [0.1, 0.15) is 11.5 Å². The van der Waals surface area contributed by atoms with Crippen LogP contribution in [0.2, 0.25) is 0 Å². The average molecular weight is 511 g/mol. The minimum atomic E-state index is 0.775. The highest BCUT2D eigenvalue weighted by atomic mass is 16.5. The predicted molar refractivity (Wildman–Crippen MR) is 160 cm³/mol. The van der Waals surface area contributed by atoms with E-state index in [1.165, 1.54) is 0 Å². The van der Waals surface area contributed by atoms with E-state index in [1.54, 1.807) is 0 Å². The van der Waals surface area contributed by atoms with Crippen molar-refractivity contribution in [1.82, 2.24) is 9.88 Å². The van der Waals surface area contributed by atoms with E-state index in [9.17, 15) is 0 Å². The Morgan fingerprint density at radius 1 is 0.667 bits per heavy atom. The molecule has 0 aliphatic carbocycles. The largest absolute Gasteiger partial charge is 0.457 e. The summed E-state index contributed by atoms with van der Waals surface area (Å²) in [5, 5.41) is 0. The Hall–Kier alpha value is -5.03. The molecule has 0 spiro atoms. The summed E-state index contributed by atoms with van der Waals surface area (Å²) in [5.41, 5.74) is 7.54.